The quantitative estimate of drug-likeness (QED) is 0.584. The normalized spacial score (nSPS) is 23.5. The Kier molecular flexibility index (Phi) is 7.49. The molecule has 178 valence electrons. The highest BCUT2D eigenvalue weighted by atomic mass is 16.7. The molecule has 0 radical (unpaired) electrons. The predicted octanol–water partition coefficient (Wildman–Crippen LogP) is 0.582. The highest BCUT2D eigenvalue weighted by molar-refractivity contribution is 6.61. The van der Waals surface area contributed by atoms with Crippen LogP contribution in [-0.4, -0.2) is 87.7 Å². The molecule has 0 spiro atoms. The number of aliphatic hydroxyl groups is 2. The largest absolute Gasteiger partial charge is 0.498 e. The summed E-state index contributed by atoms with van der Waals surface area (Å²) in [5, 5.41) is 18.8. The number of carbonyl (C=O) groups excluding carboxylic acids is 1. The van der Waals surface area contributed by atoms with E-state index in [0.29, 0.717) is 25.6 Å². The third kappa shape index (κ3) is 5.25. The summed E-state index contributed by atoms with van der Waals surface area (Å²) >= 11 is 0. The number of piperidine rings is 1. The molecule has 2 saturated heterocycles. The van der Waals surface area contributed by atoms with Gasteiger partial charge in [0, 0.05) is 43.5 Å². The van der Waals surface area contributed by atoms with Gasteiger partial charge in [-0.15, -0.1) is 0 Å². The summed E-state index contributed by atoms with van der Waals surface area (Å²) in [7, 11) is -0.502. The van der Waals surface area contributed by atoms with Crippen LogP contribution in [0.15, 0.2) is 12.4 Å². The van der Waals surface area contributed by atoms with E-state index in [-0.39, 0.29) is 12.0 Å². The number of amides is 1. The predicted molar refractivity (Wildman–Crippen MR) is 123 cm³/mol. The van der Waals surface area contributed by atoms with Crippen molar-refractivity contribution in [1.82, 2.24) is 14.9 Å². The maximum absolute atomic E-state index is 12.3. The van der Waals surface area contributed by atoms with Crippen LogP contribution >= 0.6 is 0 Å². The van der Waals surface area contributed by atoms with E-state index in [1.54, 1.807) is 17.3 Å². The number of aliphatic hydroxyl groups excluding tert-OH is 2. The van der Waals surface area contributed by atoms with Gasteiger partial charge >= 0.3 is 7.12 Å². The van der Waals surface area contributed by atoms with E-state index >= 15 is 0 Å². The Labute approximate surface area is 191 Å². The minimum absolute atomic E-state index is 0.173. The van der Waals surface area contributed by atoms with E-state index in [4.69, 9.17) is 14.4 Å². The van der Waals surface area contributed by atoms with E-state index in [0.717, 1.165) is 18.3 Å². The third-order valence-corrected chi connectivity index (χ3v) is 6.81. The summed E-state index contributed by atoms with van der Waals surface area (Å²) in [6, 6.07) is 0.173. The van der Waals surface area contributed by atoms with Crippen LogP contribution in [0.3, 0.4) is 0 Å². The zero-order valence-corrected chi connectivity index (χ0v) is 20.1. The number of hydrogen-bond acceptors (Lipinski definition) is 8. The van der Waals surface area contributed by atoms with Crippen molar-refractivity contribution in [3.8, 4) is 0 Å². The smallest absolute Gasteiger partial charge is 0.399 e. The summed E-state index contributed by atoms with van der Waals surface area (Å²) < 4.78 is 12.2. The average Bonchev–Trinajstić information content (AvgIpc) is 2.98. The lowest BCUT2D eigenvalue weighted by atomic mass is 9.81. The third-order valence-electron chi connectivity index (χ3n) is 6.81. The highest BCUT2D eigenvalue weighted by Crippen LogP contribution is 2.36. The Morgan fingerprint density at radius 3 is 2.38 bits per heavy atom. The summed E-state index contributed by atoms with van der Waals surface area (Å²) in [6.07, 6.45) is 4.01. The van der Waals surface area contributed by atoms with Crippen LogP contribution in [0, 0.1) is 5.92 Å². The molecule has 9 nitrogen and oxygen atoms in total. The molecule has 2 aliphatic heterocycles. The van der Waals surface area contributed by atoms with Crippen molar-refractivity contribution >= 4 is 24.4 Å². The van der Waals surface area contributed by atoms with Gasteiger partial charge in [-0.25, -0.2) is 9.97 Å². The molecule has 3 rings (SSSR count). The molecule has 32 heavy (non-hydrogen) atoms. The first kappa shape index (κ1) is 24.9. The summed E-state index contributed by atoms with van der Waals surface area (Å²) in [5.74, 6) is 0.447. The monoisotopic (exact) mass is 448 g/mol. The minimum atomic E-state index is -1.35. The zero-order chi connectivity index (χ0) is 23.7. The minimum Gasteiger partial charge on any atom is -0.399 e. The van der Waals surface area contributed by atoms with Crippen molar-refractivity contribution < 1.29 is 24.3 Å². The second kappa shape index (κ2) is 9.63. The summed E-state index contributed by atoms with van der Waals surface area (Å²) in [6.45, 7) is 13.5. The molecule has 1 amide bonds. The molecule has 1 aromatic rings. The van der Waals surface area contributed by atoms with E-state index in [1.165, 1.54) is 0 Å². The van der Waals surface area contributed by atoms with Gasteiger partial charge in [0.05, 0.1) is 17.8 Å². The van der Waals surface area contributed by atoms with Gasteiger partial charge in [0.15, 0.2) is 6.10 Å². The van der Waals surface area contributed by atoms with Crippen LogP contribution < -0.4 is 10.4 Å². The van der Waals surface area contributed by atoms with E-state index in [9.17, 15) is 9.90 Å². The molecule has 0 bridgehead atoms. The van der Waals surface area contributed by atoms with Crippen molar-refractivity contribution in [3.05, 3.63) is 12.4 Å². The molecule has 2 aliphatic rings. The van der Waals surface area contributed by atoms with Gasteiger partial charge in [-0.3, -0.25) is 4.79 Å². The molecule has 0 saturated carbocycles. The summed E-state index contributed by atoms with van der Waals surface area (Å²) in [5.41, 5.74) is -0.0638. The van der Waals surface area contributed by atoms with Crippen LogP contribution in [-0.2, 0) is 14.1 Å². The van der Waals surface area contributed by atoms with Crippen molar-refractivity contribution in [2.24, 2.45) is 5.92 Å². The zero-order valence-electron chi connectivity index (χ0n) is 20.1. The molecule has 1 aromatic heterocycles. The van der Waals surface area contributed by atoms with Gasteiger partial charge in [0.1, 0.15) is 0 Å². The Morgan fingerprint density at radius 2 is 1.84 bits per heavy atom. The number of hydrogen-bond donors (Lipinski definition) is 2. The number of anilines is 1. The number of rotatable bonds is 7. The van der Waals surface area contributed by atoms with E-state index < -0.39 is 36.9 Å². The van der Waals surface area contributed by atoms with Gasteiger partial charge < -0.3 is 29.3 Å². The van der Waals surface area contributed by atoms with Gasteiger partial charge in [0.25, 0.3) is 5.91 Å². The van der Waals surface area contributed by atoms with Crippen molar-refractivity contribution in [2.75, 3.05) is 31.1 Å². The molecule has 2 N–H and O–H groups in total. The second-order valence-corrected chi connectivity index (χ2v) is 10.1. The fraction of sp³-hybridized carbons (Fsp3) is 0.773. The molecule has 0 aliphatic carbocycles. The molecule has 0 aromatic carbocycles. The first-order chi connectivity index (χ1) is 14.9. The number of aromatic nitrogens is 2. The van der Waals surface area contributed by atoms with Crippen LogP contribution in [0.1, 0.15) is 54.4 Å². The SMILES string of the molecule is CC(C)N(C[C@H]1CCCN(C(=O)[C@H](O)CO)C1)c1ncc(B2OC(C)(C)C(C)(C)O2)cn1. The fourth-order valence-corrected chi connectivity index (χ4v) is 4.09. The second-order valence-electron chi connectivity index (χ2n) is 10.1. The fourth-order valence-electron chi connectivity index (χ4n) is 4.09. The lowest BCUT2D eigenvalue weighted by Gasteiger charge is -2.37. The van der Waals surface area contributed by atoms with Gasteiger partial charge in [0.2, 0.25) is 5.95 Å². The summed E-state index contributed by atoms with van der Waals surface area (Å²) in [4.78, 5) is 25.3. The number of carbonyl (C=O) groups is 1. The average molecular weight is 448 g/mol. The Morgan fingerprint density at radius 1 is 1.25 bits per heavy atom. The van der Waals surface area contributed by atoms with Gasteiger partial charge in [-0.05, 0) is 60.3 Å². The number of nitrogens with zero attached hydrogens (tertiary/aromatic N) is 4. The van der Waals surface area contributed by atoms with Crippen LogP contribution in [0.5, 0.6) is 0 Å². The van der Waals surface area contributed by atoms with Gasteiger partial charge in [-0.1, -0.05) is 0 Å². The Bertz CT molecular complexity index is 773. The molecule has 2 fully saturated rings. The Hall–Kier alpha value is -1.75. The molecular formula is C22H37BN4O5. The highest BCUT2D eigenvalue weighted by Gasteiger charge is 2.52. The van der Waals surface area contributed by atoms with Crippen LogP contribution in [0.25, 0.3) is 0 Å². The topological polar surface area (TPSA) is 108 Å². The first-order valence-electron chi connectivity index (χ1n) is 11.5. The van der Waals surface area contributed by atoms with Crippen LogP contribution in [0.4, 0.5) is 5.95 Å². The van der Waals surface area contributed by atoms with Crippen LogP contribution in [0.2, 0.25) is 0 Å². The lowest BCUT2D eigenvalue weighted by Crippen LogP contribution is -2.49. The molecule has 3 heterocycles. The van der Waals surface area contributed by atoms with Crippen molar-refractivity contribution in [1.29, 1.82) is 0 Å². The molecular weight excluding hydrogens is 411 g/mol. The van der Waals surface area contributed by atoms with Crippen molar-refractivity contribution in [3.63, 3.8) is 0 Å². The molecule has 10 heteroatoms. The molecule has 0 unspecified atom stereocenters. The first-order valence-corrected chi connectivity index (χ1v) is 11.5. The lowest BCUT2D eigenvalue weighted by molar-refractivity contribution is -0.143. The van der Waals surface area contributed by atoms with Gasteiger partial charge in [-0.2, -0.15) is 0 Å². The van der Waals surface area contributed by atoms with E-state index in [1.807, 2.05) is 27.7 Å². The van der Waals surface area contributed by atoms with Crippen molar-refractivity contribution in [2.45, 2.75) is 77.7 Å². The van der Waals surface area contributed by atoms with E-state index in [2.05, 4.69) is 28.7 Å². The maximum atomic E-state index is 12.3. The maximum Gasteiger partial charge on any atom is 0.498 e. The Balaban J connectivity index is 1.68. The number of likely N-dealkylation sites (tertiary alicyclic amines) is 1. The molecule has 2 atom stereocenters. The standard InChI is InChI=1S/C22H37BN4O5/c1-15(2)27(13-16-8-7-9-26(12-16)19(30)18(29)14-28)20-24-10-17(11-25-20)23-31-21(3,4)22(5,6)32-23/h10-11,15-16,18,28-29H,7-9,12-14H2,1-6H3/t16-,18+/m0/s1.